The van der Waals surface area contributed by atoms with Gasteiger partial charge in [0.1, 0.15) is 0 Å². The maximum Gasteiger partial charge on any atom is -0.0246 e. The van der Waals surface area contributed by atoms with Gasteiger partial charge in [-0.25, -0.2) is 0 Å². The van der Waals surface area contributed by atoms with Crippen LogP contribution in [0.2, 0.25) is 0 Å². The molecule has 2 fully saturated rings. The molecule has 3 unspecified atom stereocenters. The zero-order valence-corrected chi connectivity index (χ0v) is 8.60. The van der Waals surface area contributed by atoms with Gasteiger partial charge in [0, 0.05) is 0 Å². The number of rotatable bonds is 0. The lowest BCUT2D eigenvalue weighted by Crippen LogP contribution is -2.34. The third-order valence-corrected chi connectivity index (χ3v) is 4.77. The second-order valence-corrected chi connectivity index (χ2v) is 5.17. The minimum absolute atomic E-state index is 0.790. The van der Waals surface area contributed by atoms with Gasteiger partial charge in [-0.05, 0) is 30.1 Å². The van der Waals surface area contributed by atoms with Crippen molar-refractivity contribution in [1.29, 1.82) is 0 Å². The number of hydrogen-bond acceptors (Lipinski definition) is 0. The highest BCUT2D eigenvalue weighted by molar-refractivity contribution is 4.95. The Kier molecular flexibility index (Phi) is 2.18. The van der Waals surface area contributed by atoms with E-state index in [4.69, 9.17) is 0 Å². The van der Waals surface area contributed by atoms with Crippen LogP contribution in [0.4, 0.5) is 0 Å². The van der Waals surface area contributed by atoms with Crippen LogP contribution in [0.25, 0.3) is 0 Å². The van der Waals surface area contributed by atoms with Crippen molar-refractivity contribution in [2.75, 3.05) is 0 Å². The Balaban J connectivity index is 2.15. The highest BCUT2D eigenvalue weighted by Gasteiger charge is 2.44. The molecule has 1 spiro atoms. The van der Waals surface area contributed by atoms with Crippen molar-refractivity contribution in [3.8, 4) is 0 Å². The van der Waals surface area contributed by atoms with Gasteiger partial charge in [0.05, 0.1) is 0 Å². The Morgan fingerprint density at radius 2 is 1.42 bits per heavy atom. The first-order valence-electron chi connectivity index (χ1n) is 5.76. The lowest BCUT2D eigenvalue weighted by molar-refractivity contribution is 0.0681. The molecular formula is C12H22. The van der Waals surface area contributed by atoms with Crippen LogP contribution in [-0.2, 0) is 0 Å². The largest absolute Gasteiger partial charge is 0.0620 e. The minimum atomic E-state index is 0.790. The number of hydrogen-bond donors (Lipinski definition) is 0. The van der Waals surface area contributed by atoms with Crippen molar-refractivity contribution in [3.05, 3.63) is 0 Å². The summed E-state index contributed by atoms with van der Waals surface area (Å²) in [6.45, 7) is 5.00. The van der Waals surface area contributed by atoms with E-state index in [2.05, 4.69) is 13.8 Å². The van der Waals surface area contributed by atoms with E-state index in [0.29, 0.717) is 0 Å². The molecule has 3 atom stereocenters. The van der Waals surface area contributed by atoms with E-state index in [1.165, 1.54) is 44.9 Å². The Morgan fingerprint density at radius 1 is 0.833 bits per heavy atom. The van der Waals surface area contributed by atoms with Crippen LogP contribution in [0.3, 0.4) is 0 Å². The maximum absolute atomic E-state index is 2.50. The fourth-order valence-electron chi connectivity index (χ4n) is 3.81. The molecule has 0 bridgehead atoms. The lowest BCUT2D eigenvalue weighted by atomic mass is 9.62. The first-order chi connectivity index (χ1) is 5.76. The predicted molar refractivity (Wildman–Crippen MR) is 53.1 cm³/mol. The Hall–Kier alpha value is 0. The molecule has 0 heteroatoms. The summed E-state index contributed by atoms with van der Waals surface area (Å²) in [5, 5.41) is 0. The molecule has 0 amide bonds. The summed E-state index contributed by atoms with van der Waals surface area (Å²) < 4.78 is 0. The Bertz CT molecular complexity index is 161. The summed E-state index contributed by atoms with van der Waals surface area (Å²) in [7, 11) is 0. The summed E-state index contributed by atoms with van der Waals surface area (Å²) in [5.74, 6) is 2.04. The van der Waals surface area contributed by atoms with E-state index in [9.17, 15) is 0 Å². The molecular weight excluding hydrogens is 144 g/mol. The van der Waals surface area contributed by atoms with Crippen LogP contribution in [0.15, 0.2) is 0 Å². The molecule has 0 heterocycles. The summed E-state index contributed by atoms with van der Waals surface area (Å²) in [6.07, 6.45) is 10.6. The van der Waals surface area contributed by atoms with Crippen LogP contribution in [0.5, 0.6) is 0 Å². The topological polar surface area (TPSA) is 0 Å². The zero-order chi connectivity index (χ0) is 8.60. The van der Waals surface area contributed by atoms with Crippen LogP contribution in [0.1, 0.15) is 58.8 Å². The standard InChI is InChI=1S/C12H22/c1-10-6-3-4-8-12(10)9-5-7-11(12)2/h10-11H,3-9H2,1-2H3. The summed E-state index contributed by atoms with van der Waals surface area (Å²) in [4.78, 5) is 0. The van der Waals surface area contributed by atoms with E-state index >= 15 is 0 Å². The van der Waals surface area contributed by atoms with Crippen molar-refractivity contribution in [2.45, 2.75) is 58.8 Å². The monoisotopic (exact) mass is 166 g/mol. The van der Waals surface area contributed by atoms with E-state index in [-0.39, 0.29) is 0 Å². The molecule has 0 aliphatic heterocycles. The quantitative estimate of drug-likeness (QED) is 0.510. The maximum atomic E-state index is 2.50. The molecule has 2 aliphatic rings. The van der Waals surface area contributed by atoms with Gasteiger partial charge in [-0.3, -0.25) is 0 Å². The highest BCUT2D eigenvalue weighted by Crippen LogP contribution is 2.55. The summed E-state index contributed by atoms with van der Waals surface area (Å²) in [6, 6.07) is 0. The molecule has 0 N–H and O–H groups in total. The van der Waals surface area contributed by atoms with Crippen molar-refractivity contribution in [2.24, 2.45) is 17.3 Å². The first kappa shape index (κ1) is 8.59. The third kappa shape index (κ3) is 1.11. The highest BCUT2D eigenvalue weighted by atomic mass is 14.5. The van der Waals surface area contributed by atoms with E-state index in [1.54, 1.807) is 0 Å². The van der Waals surface area contributed by atoms with E-state index in [1.807, 2.05) is 0 Å². The molecule has 0 saturated heterocycles. The summed E-state index contributed by atoms with van der Waals surface area (Å²) in [5.41, 5.74) is 0.790. The van der Waals surface area contributed by atoms with Gasteiger partial charge in [0.25, 0.3) is 0 Å². The molecule has 0 aromatic heterocycles. The predicted octanol–water partition coefficient (Wildman–Crippen LogP) is 4.00. The van der Waals surface area contributed by atoms with E-state index in [0.717, 1.165) is 17.3 Å². The van der Waals surface area contributed by atoms with Crippen LogP contribution in [-0.4, -0.2) is 0 Å². The second-order valence-electron chi connectivity index (χ2n) is 5.17. The van der Waals surface area contributed by atoms with Crippen LogP contribution >= 0.6 is 0 Å². The minimum Gasteiger partial charge on any atom is -0.0620 e. The first-order valence-corrected chi connectivity index (χ1v) is 5.76. The van der Waals surface area contributed by atoms with E-state index < -0.39 is 0 Å². The van der Waals surface area contributed by atoms with Crippen molar-refractivity contribution in [1.82, 2.24) is 0 Å². The third-order valence-electron chi connectivity index (χ3n) is 4.77. The SMILES string of the molecule is CC1CCCCC12CCCC2C. The fraction of sp³-hybridized carbons (Fsp3) is 1.00. The molecule has 70 valence electrons. The molecule has 0 aromatic carbocycles. The Morgan fingerprint density at radius 3 is 2.00 bits per heavy atom. The molecule has 0 radical (unpaired) electrons. The second kappa shape index (κ2) is 3.05. The molecule has 2 saturated carbocycles. The fourth-order valence-corrected chi connectivity index (χ4v) is 3.81. The molecule has 2 aliphatic carbocycles. The van der Waals surface area contributed by atoms with Crippen LogP contribution in [0, 0.1) is 17.3 Å². The molecule has 2 rings (SSSR count). The van der Waals surface area contributed by atoms with Gasteiger partial charge in [0.2, 0.25) is 0 Å². The van der Waals surface area contributed by atoms with Crippen molar-refractivity contribution < 1.29 is 0 Å². The van der Waals surface area contributed by atoms with Gasteiger partial charge in [0.15, 0.2) is 0 Å². The van der Waals surface area contributed by atoms with Crippen molar-refractivity contribution >= 4 is 0 Å². The average molecular weight is 166 g/mol. The summed E-state index contributed by atoms with van der Waals surface area (Å²) >= 11 is 0. The van der Waals surface area contributed by atoms with Crippen molar-refractivity contribution in [3.63, 3.8) is 0 Å². The van der Waals surface area contributed by atoms with Gasteiger partial charge >= 0.3 is 0 Å². The lowest BCUT2D eigenvalue weighted by Gasteiger charge is -2.43. The normalized spacial score (nSPS) is 48.5. The molecule has 0 aromatic rings. The smallest absolute Gasteiger partial charge is 0.0246 e. The van der Waals surface area contributed by atoms with Gasteiger partial charge in [-0.2, -0.15) is 0 Å². The van der Waals surface area contributed by atoms with Crippen LogP contribution < -0.4 is 0 Å². The van der Waals surface area contributed by atoms with Gasteiger partial charge in [-0.1, -0.05) is 46.0 Å². The van der Waals surface area contributed by atoms with Gasteiger partial charge in [-0.15, -0.1) is 0 Å². The Labute approximate surface area is 76.7 Å². The molecule has 0 nitrogen and oxygen atoms in total. The molecule has 12 heavy (non-hydrogen) atoms. The van der Waals surface area contributed by atoms with Gasteiger partial charge < -0.3 is 0 Å². The average Bonchev–Trinajstić information content (AvgIpc) is 2.41. The zero-order valence-electron chi connectivity index (χ0n) is 8.60.